The highest BCUT2D eigenvalue weighted by Crippen LogP contribution is 2.21. The van der Waals surface area contributed by atoms with Gasteiger partial charge in [-0.15, -0.1) is 0 Å². The van der Waals surface area contributed by atoms with Crippen molar-refractivity contribution in [2.45, 2.75) is 6.54 Å². The first-order chi connectivity index (χ1) is 10.8. The summed E-state index contributed by atoms with van der Waals surface area (Å²) in [5.41, 5.74) is 3.03. The zero-order chi connectivity index (χ0) is 17.0. The van der Waals surface area contributed by atoms with Gasteiger partial charge in [0.25, 0.3) is 5.91 Å². The molecule has 0 aromatic heterocycles. The Morgan fingerprint density at radius 1 is 1.30 bits per heavy atom. The molecule has 0 saturated carbocycles. The first kappa shape index (κ1) is 17.0. The van der Waals surface area contributed by atoms with Gasteiger partial charge in [0.1, 0.15) is 5.82 Å². The molecule has 2 rings (SSSR count). The summed E-state index contributed by atoms with van der Waals surface area (Å²) in [5.74, 6) is 7.32. The molecule has 1 amide bonds. The molecule has 0 heterocycles. The molecule has 23 heavy (non-hydrogen) atoms. The summed E-state index contributed by atoms with van der Waals surface area (Å²) >= 11 is 0. The van der Waals surface area contributed by atoms with Crippen molar-refractivity contribution < 1.29 is 13.4 Å². The average molecular weight is 335 g/mol. The van der Waals surface area contributed by atoms with Gasteiger partial charge >= 0.3 is 0 Å². The number of halogens is 1. The Balaban J connectivity index is 2.35. The largest absolute Gasteiger partial charge is 0.295 e. The van der Waals surface area contributed by atoms with E-state index in [0.29, 0.717) is 5.56 Å². The molecule has 5 nitrogen and oxygen atoms in total. The number of carbonyl (C=O) groups excluding carboxylic acids is 1. The van der Waals surface area contributed by atoms with E-state index >= 15 is 0 Å². The molecule has 0 spiro atoms. The molecule has 0 radical (unpaired) electrons. The van der Waals surface area contributed by atoms with Gasteiger partial charge in [0.15, 0.2) is 0 Å². The predicted molar refractivity (Wildman–Crippen MR) is 91.9 cm³/mol. The number of hydrogen-bond acceptors (Lipinski definition) is 3. The molecule has 0 aliphatic heterocycles. The van der Waals surface area contributed by atoms with Gasteiger partial charge < -0.3 is 0 Å². The van der Waals surface area contributed by atoms with Crippen LogP contribution in [0.2, 0.25) is 0 Å². The van der Waals surface area contributed by atoms with Crippen LogP contribution < -0.4 is 15.6 Å². The Morgan fingerprint density at radius 2 is 1.96 bits per heavy atom. The lowest BCUT2D eigenvalue weighted by atomic mass is 10.1. The monoisotopic (exact) mass is 335 g/mol. The molecule has 0 saturated heterocycles. The van der Waals surface area contributed by atoms with Crippen molar-refractivity contribution in [3.8, 4) is 0 Å². The molecule has 3 N–H and O–H groups in total. The number of amides is 1. The average Bonchev–Trinajstić information content (AvgIpc) is 2.51. The van der Waals surface area contributed by atoms with Crippen LogP contribution in [-0.2, 0) is 16.3 Å². The topological polar surface area (TPSA) is 75.4 Å². The Hall–Kier alpha value is -2.38. The van der Waals surface area contributed by atoms with Crippen LogP contribution in [0, 0.1) is 5.82 Å². The zero-order valence-electron chi connectivity index (χ0n) is 12.7. The van der Waals surface area contributed by atoms with Crippen LogP contribution in [0.15, 0.2) is 48.5 Å². The van der Waals surface area contributed by atoms with Crippen LogP contribution in [0.1, 0.15) is 15.9 Å². The second-order valence-corrected chi connectivity index (χ2v) is 7.48. The van der Waals surface area contributed by atoms with E-state index in [9.17, 15) is 13.4 Å². The molecule has 2 aromatic rings. The first-order valence-corrected chi connectivity index (χ1v) is 8.86. The molecule has 2 aromatic carbocycles. The first-order valence-electron chi connectivity index (χ1n) is 6.77. The Morgan fingerprint density at radius 3 is 2.48 bits per heavy atom. The van der Waals surface area contributed by atoms with Crippen molar-refractivity contribution in [1.29, 1.82) is 0 Å². The SMILES string of the molecule is C=S(C)(=O)N(Cc1ccc(C(=O)NN)c(F)c1)c1ccccc1. The molecule has 0 aliphatic rings. The molecule has 122 valence electrons. The smallest absolute Gasteiger partial charge is 0.268 e. The summed E-state index contributed by atoms with van der Waals surface area (Å²) in [6, 6.07) is 13.3. The normalized spacial score (nSPS) is 13.2. The van der Waals surface area contributed by atoms with Gasteiger partial charge in [0.2, 0.25) is 0 Å². The Labute approximate surface area is 135 Å². The molecule has 0 bridgehead atoms. The van der Waals surface area contributed by atoms with Gasteiger partial charge in [-0.25, -0.2) is 14.4 Å². The van der Waals surface area contributed by atoms with Crippen LogP contribution in [-0.4, -0.2) is 22.2 Å². The quantitative estimate of drug-likeness (QED) is 0.378. The second-order valence-electron chi connectivity index (χ2n) is 5.12. The van der Waals surface area contributed by atoms with E-state index in [0.717, 1.165) is 5.69 Å². The minimum atomic E-state index is -2.55. The number of benzene rings is 2. The van der Waals surface area contributed by atoms with E-state index in [4.69, 9.17) is 5.84 Å². The maximum absolute atomic E-state index is 14.0. The van der Waals surface area contributed by atoms with Crippen LogP contribution in [0.4, 0.5) is 10.1 Å². The summed E-state index contributed by atoms with van der Waals surface area (Å²) in [5, 5.41) is 0. The van der Waals surface area contributed by atoms with Gasteiger partial charge in [-0.3, -0.25) is 14.5 Å². The lowest BCUT2D eigenvalue weighted by molar-refractivity contribution is 0.0949. The van der Waals surface area contributed by atoms with Crippen LogP contribution >= 0.6 is 0 Å². The standard InChI is InChI=1S/C16H18FN3O2S/c1-23(2,22)20(13-6-4-3-5-7-13)11-12-8-9-14(15(17)10-12)16(21)19-18/h3-10H,1,11,18H2,2H3,(H,19,21). The van der Waals surface area contributed by atoms with Gasteiger partial charge in [0.05, 0.1) is 12.1 Å². The number of nitrogens with one attached hydrogen (secondary N) is 1. The minimum Gasteiger partial charge on any atom is -0.295 e. The zero-order valence-corrected chi connectivity index (χ0v) is 13.5. The number of nitrogen functional groups attached to an aromatic ring is 1. The van der Waals surface area contributed by atoms with Gasteiger partial charge in [-0.05, 0) is 35.7 Å². The molecular formula is C16H18FN3O2S. The van der Waals surface area contributed by atoms with E-state index in [1.165, 1.54) is 18.4 Å². The van der Waals surface area contributed by atoms with Crippen LogP contribution in [0.5, 0.6) is 0 Å². The van der Waals surface area contributed by atoms with E-state index in [-0.39, 0.29) is 12.1 Å². The van der Waals surface area contributed by atoms with E-state index in [1.54, 1.807) is 22.5 Å². The summed E-state index contributed by atoms with van der Waals surface area (Å²) in [4.78, 5) is 11.4. The highest BCUT2D eigenvalue weighted by atomic mass is 32.2. The Kier molecular flexibility index (Phi) is 5.02. The van der Waals surface area contributed by atoms with Gasteiger partial charge in [0, 0.05) is 21.7 Å². The number of carbonyl (C=O) groups is 1. The highest BCUT2D eigenvalue weighted by molar-refractivity contribution is 8.00. The van der Waals surface area contributed by atoms with Crippen molar-refractivity contribution in [2.24, 2.45) is 5.84 Å². The van der Waals surface area contributed by atoms with Crippen molar-refractivity contribution in [2.75, 3.05) is 10.6 Å². The number of para-hydroxylation sites is 1. The van der Waals surface area contributed by atoms with Gasteiger partial charge in [-0.2, -0.15) is 0 Å². The summed E-state index contributed by atoms with van der Waals surface area (Å²) < 4.78 is 28.1. The third-order valence-corrected chi connectivity index (χ3v) is 4.52. The number of hydrogen-bond donors (Lipinski definition) is 2. The second kappa shape index (κ2) is 6.80. The molecule has 1 unspecified atom stereocenters. The number of nitrogens with two attached hydrogens (primary N) is 1. The fourth-order valence-electron chi connectivity index (χ4n) is 2.13. The van der Waals surface area contributed by atoms with Crippen molar-refractivity contribution >= 4 is 27.2 Å². The van der Waals surface area contributed by atoms with Crippen molar-refractivity contribution in [1.82, 2.24) is 5.43 Å². The molecule has 1 atom stereocenters. The fraction of sp³-hybridized carbons (Fsp3) is 0.125. The van der Waals surface area contributed by atoms with Crippen LogP contribution in [0.25, 0.3) is 0 Å². The lowest BCUT2D eigenvalue weighted by Crippen LogP contribution is -2.31. The third-order valence-electron chi connectivity index (χ3n) is 3.25. The summed E-state index contributed by atoms with van der Waals surface area (Å²) in [6.45, 7) is 0.199. The molecule has 0 aliphatic carbocycles. The van der Waals surface area contributed by atoms with E-state index in [1.807, 2.05) is 23.6 Å². The number of nitrogens with zero attached hydrogens (tertiary/aromatic N) is 1. The predicted octanol–water partition coefficient (Wildman–Crippen LogP) is 1.70. The number of anilines is 1. The number of rotatable bonds is 5. The van der Waals surface area contributed by atoms with Crippen molar-refractivity contribution in [3.63, 3.8) is 0 Å². The maximum atomic E-state index is 14.0. The summed E-state index contributed by atoms with van der Waals surface area (Å²) in [6.07, 6.45) is 1.52. The van der Waals surface area contributed by atoms with E-state index in [2.05, 4.69) is 5.87 Å². The van der Waals surface area contributed by atoms with Gasteiger partial charge in [-0.1, -0.05) is 24.3 Å². The molecular weight excluding hydrogens is 317 g/mol. The summed E-state index contributed by atoms with van der Waals surface area (Å²) in [7, 11) is -2.55. The highest BCUT2D eigenvalue weighted by Gasteiger charge is 2.16. The van der Waals surface area contributed by atoms with E-state index < -0.39 is 21.4 Å². The number of hydrazine groups is 1. The van der Waals surface area contributed by atoms with Crippen molar-refractivity contribution in [3.05, 3.63) is 65.5 Å². The Bertz CT molecular complexity index is 807. The van der Waals surface area contributed by atoms with Crippen LogP contribution in [0.3, 0.4) is 0 Å². The molecule has 0 fully saturated rings. The third kappa shape index (κ3) is 4.08. The maximum Gasteiger partial charge on any atom is 0.268 e. The lowest BCUT2D eigenvalue weighted by Gasteiger charge is -2.26. The molecule has 7 heteroatoms. The fourth-order valence-corrected chi connectivity index (χ4v) is 3.12. The minimum absolute atomic E-state index is 0.144.